The smallest absolute Gasteiger partial charge is 0.119 e. The molecule has 0 amide bonds. The molecular formula is C24H30BrNO. The zero-order valence-corrected chi connectivity index (χ0v) is 17.9. The Hall–Kier alpha value is -1.32. The van der Waals surface area contributed by atoms with Gasteiger partial charge in [-0.25, -0.2) is 0 Å². The molecule has 1 heterocycles. The number of hydrogen-bond acceptors (Lipinski definition) is 2. The van der Waals surface area contributed by atoms with Crippen LogP contribution >= 0.6 is 17.0 Å². The maximum absolute atomic E-state index is 5.58. The number of halogens is 1. The minimum absolute atomic E-state index is 0. The summed E-state index contributed by atoms with van der Waals surface area (Å²) in [5.41, 5.74) is 5.05. The SMILES string of the molecule is Br.COc1ccc2c(c1)[C@@]13CCCC[C@H]1[C@H](C2)N(Cc1ccccc1)CC3. The van der Waals surface area contributed by atoms with Crippen molar-refractivity contribution in [3.8, 4) is 5.75 Å². The summed E-state index contributed by atoms with van der Waals surface area (Å²) in [5.74, 6) is 1.85. The van der Waals surface area contributed by atoms with Crippen LogP contribution in [0.4, 0.5) is 0 Å². The summed E-state index contributed by atoms with van der Waals surface area (Å²) in [5, 5.41) is 0. The molecule has 3 atom stereocenters. The molecule has 3 heteroatoms. The van der Waals surface area contributed by atoms with Crippen molar-refractivity contribution in [2.24, 2.45) is 5.92 Å². The molecule has 5 rings (SSSR count). The third kappa shape index (κ3) is 3.13. The second-order valence-corrected chi connectivity index (χ2v) is 8.51. The van der Waals surface area contributed by atoms with E-state index in [0.29, 0.717) is 11.5 Å². The van der Waals surface area contributed by atoms with Crippen LogP contribution in [-0.4, -0.2) is 24.6 Å². The molecule has 3 aliphatic rings. The lowest BCUT2D eigenvalue weighted by atomic mass is 9.52. The molecule has 27 heavy (non-hydrogen) atoms. The zero-order chi connectivity index (χ0) is 17.6. The van der Waals surface area contributed by atoms with Gasteiger partial charge in [0.25, 0.3) is 0 Å². The second kappa shape index (κ2) is 7.60. The molecule has 2 bridgehead atoms. The fourth-order valence-corrected chi connectivity index (χ4v) is 6.20. The first kappa shape index (κ1) is 19.0. The Balaban J connectivity index is 0.00000180. The molecular weight excluding hydrogens is 398 g/mol. The van der Waals surface area contributed by atoms with Crippen molar-refractivity contribution in [1.82, 2.24) is 4.90 Å². The van der Waals surface area contributed by atoms with Gasteiger partial charge in [0.05, 0.1) is 7.11 Å². The summed E-state index contributed by atoms with van der Waals surface area (Å²) < 4.78 is 5.58. The van der Waals surface area contributed by atoms with Crippen molar-refractivity contribution in [2.75, 3.05) is 13.7 Å². The van der Waals surface area contributed by atoms with Crippen LogP contribution in [0.3, 0.4) is 0 Å². The monoisotopic (exact) mass is 427 g/mol. The first-order chi connectivity index (χ1) is 12.8. The van der Waals surface area contributed by atoms with Crippen LogP contribution in [0.15, 0.2) is 48.5 Å². The average molecular weight is 428 g/mol. The van der Waals surface area contributed by atoms with Crippen LogP contribution in [-0.2, 0) is 18.4 Å². The predicted molar refractivity (Wildman–Crippen MR) is 116 cm³/mol. The first-order valence-electron chi connectivity index (χ1n) is 10.3. The van der Waals surface area contributed by atoms with Gasteiger partial charge in [0.1, 0.15) is 5.75 Å². The van der Waals surface area contributed by atoms with Gasteiger partial charge in [-0.05, 0) is 67.0 Å². The second-order valence-electron chi connectivity index (χ2n) is 8.51. The van der Waals surface area contributed by atoms with E-state index in [2.05, 4.69) is 53.4 Å². The maximum Gasteiger partial charge on any atom is 0.119 e. The lowest BCUT2D eigenvalue weighted by Crippen LogP contribution is -2.60. The van der Waals surface area contributed by atoms with Crippen molar-refractivity contribution >= 4 is 17.0 Å². The lowest BCUT2D eigenvalue weighted by Gasteiger charge is -2.59. The molecule has 2 aromatic carbocycles. The number of ether oxygens (including phenoxy) is 1. The molecule has 1 saturated carbocycles. The molecule has 0 spiro atoms. The van der Waals surface area contributed by atoms with E-state index in [1.807, 2.05) is 0 Å². The molecule has 2 nitrogen and oxygen atoms in total. The largest absolute Gasteiger partial charge is 0.497 e. The number of rotatable bonds is 3. The average Bonchev–Trinajstić information content (AvgIpc) is 2.70. The summed E-state index contributed by atoms with van der Waals surface area (Å²) in [6.45, 7) is 2.33. The van der Waals surface area contributed by atoms with E-state index < -0.39 is 0 Å². The highest BCUT2D eigenvalue weighted by atomic mass is 79.9. The van der Waals surface area contributed by atoms with E-state index in [0.717, 1.165) is 18.2 Å². The first-order valence-corrected chi connectivity index (χ1v) is 10.3. The summed E-state index contributed by atoms with van der Waals surface area (Å²) in [7, 11) is 1.80. The molecule has 1 aliphatic heterocycles. The Morgan fingerprint density at radius 1 is 1.07 bits per heavy atom. The quantitative estimate of drug-likeness (QED) is 0.637. The van der Waals surface area contributed by atoms with Gasteiger partial charge in [0, 0.05) is 18.0 Å². The molecule has 0 radical (unpaired) electrons. The van der Waals surface area contributed by atoms with Gasteiger partial charge in [0.2, 0.25) is 0 Å². The van der Waals surface area contributed by atoms with Crippen molar-refractivity contribution in [1.29, 1.82) is 0 Å². The molecule has 1 saturated heterocycles. The number of hydrogen-bond donors (Lipinski definition) is 0. The molecule has 0 aromatic heterocycles. The Kier molecular flexibility index (Phi) is 5.35. The highest BCUT2D eigenvalue weighted by molar-refractivity contribution is 8.93. The molecule has 0 unspecified atom stereocenters. The van der Waals surface area contributed by atoms with Gasteiger partial charge in [-0.3, -0.25) is 4.90 Å². The van der Waals surface area contributed by atoms with E-state index in [-0.39, 0.29) is 17.0 Å². The maximum atomic E-state index is 5.58. The van der Waals surface area contributed by atoms with E-state index >= 15 is 0 Å². The number of likely N-dealkylation sites (tertiary alicyclic amines) is 1. The van der Waals surface area contributed by atoms with Crippen LogP contribution in [0.2, 0.25) is 0 Å². The highest BCUT2D eigenvalue weighted by Gasteiger charge is 2.53. The Morgan fingerprint density at radius 3 is 2.74 bits per heavy atom. The van der Waals surface area contributed by atoms with Gasteiger partial charge in [-0.2, -0.15) is 0 Å². The summed E-state index contributed by atoms with van der Waals surface area (Å²) in [6, 6.07) is 18.6. The summed E-state index contributed by atoms with van der Waals surface area (Å²) in [6.07, 6.45) is 8.07. The zero-order valence-electron chi connectivity index (χ0n) is 16.2. The third-order valence-electron chi connectivity index (χ3n) is 7.39. The fourth-order valence-electron chi connectivity index (χ4n) is 6.20. The molecule has 2 aliphatic carbocycles. The van der Waals surface area contributed by atoms with E-state index in [1.54, 1.807) is 18.2 Å². The van der Waals surface area contributed by atoms with Crippen molar-refractivity contribution in [3.63, 3.8) is 0 Å². The Morgan fingerprint density at radius 2 is 1.93 bits per heavy atom. The van der Waals surface area contributed by atoms with E-state index in [1.165, 1.54) is 50.6 Å². The summed E-state index contributed by atoms with van der Waals surface area (Å²) in [4.78, 5) is 2.79. The number of benzene rings is 2. The Labute approximate surface area is 173 Å². The molecule has 0 N–H and O–H groups in total. The number of piperidine rings is 1. The van der Waals surface area contributed by atoms with Gasteiger partial charge in [0.15, 0.2) is 0 Å². The van der Waals surface area contributed by atoms with E-state index in [9.17, 15) is 0 Å². The van der Waals surface area contributed by atoms with Crippen LogP contribution in [0, 0.1) is 5.92 Å². The standard InChI is InChI=1S/C24H29NO.BrH/c1-26-20-11-10-19-15-23-21-9-5-6-12-24(21,22(19)16-20)13-14-25(23)17-18-7-3-2-4-8-18;/h2-4,7-8,10-11,16,21,23H,5-6,9,12-15,17H2,1H3;1H/t21-,23-,24+;/m0./s1. The van der Waals surface area contributed by atoms with Crippen molar-refractivity contribution in [2.45, 2.75) is 56.5 Å². The topological polar surface area (TPSA) is 12.5 Å². The number of nitrogens with zero attached hydrogens (tertiary/aromatic N) is 1. The van der Waals surface area contributed by atoms with Crippen molar-refractivity contribution in [3.05, 3.63) is 65.2 Å². The predicted octanol–water partition coefficient (Wildman–Crippen LogP) is 5.53. The van der Waals surface area contributed by atoms with Gasteiger partial charge < -0.3 is 4.74 Å². The van der Waals surface area contributed by atoms with Crippen LogP contribution in [0.1, 0.15) is 48.8 Å². The third-order valence-corrected chi connectivity index (χ3v) is 7.39. The van der Waals surface area contributed by atoms with Crippen LogP contribution in [0.25, 0.3) is 0 Å². The normalized spacial score (nSPS) is 29.2. The number of methoxy groups -OCH3 is 1. The van der Waals surface area contributed by atoms with Gasteiger partial charge >= 0.3 is 0 Å². The van der Waals surface area contributed by atoms with Crippen LogP contribution < -0.4 is 4.74 Å². The number of fused-ring (bicyclic) bond motifs is 1. The minimum Gasteiger partial charge on any atom is -0.497 e. The van der Waals surface area contributed by atoms with Gasteiger partial charge in [-0.15, -0.1) is 17.0 Å². The molecule has 2 aromatic rings. The summed E-state index contributed by atoms with van der Waals surface area (Å²) >= 11 is 0. The highest BCUT2D eigenvalue weighted by Crippen LogP contribution is 2.56. The molecule has 2 fully saturated rings. The molecule has 144 valence electrons. The Bertz CT molecular complexity index is 792. The van der Waals surface area contributed by atoms with E-state index in [4.69, 9.17) is 4.74 Å². The van der Waals surface area contributed by atoms with Crippen molar-refractivity contribution < 1.29 is 4.74 Å². The van der Waals surface area contributed by atoms with Crippen LogP contribution in [0.5, 0.6) is 5.75 Å². The minimum atomic E-state index is 0. The van der Waals surface area contributed by atoms with Gasteiger partial charge in [-0.1, -0.05) is 49.2 Å². The lowest BCUT2D eigenvalue weighted by molar-refractivity contribution is -0.0157. The fraction of sp³-hybridized carbons (Fsp3) is 0.500.